The van der Waals surface area contributed by atoms with Crippen molar-refractivity contribution in [1.29, 1.82) is 0 Å². The minimum Gasteiger partial charge on any atom is -0.354 e. The smallest absolute Gasteiger partial charge is 0.226 e. The number of rotatable bonds is 6. The van der Waals surface area contributed by atoms with Crippen LogP contribution >= 0.6 is 12.4 Å². The standard InChI is InChI=1S/C16H22N2O.ClH/c17-14(13-6-7-13)11-18-15(19)16(8-9-16)10-12-4-2-1-3-5-12;/h1-5,13-14H,6-11,17H2,(H,18,19);1H. The van der Waals surface area contributed by atoms with E-state index in [1.165, 1.54) is 18.4 Å². The lowest BCUT2D eigenvalue weighted by molar-refractivity contribution is -0.126. The predicted octanol–water partition coefficient (Wildman–Crippen LogP) is 2.28. The van der Waals surface area contributed by atoms with Crippen LogP contribution in [0, 0.1) is 11.3 Å². The average molecular weight is 295 g/mol. The largest absolute Gasteiger partial charge is 0.354 e. The summed E-state index contributed by atoms with van der Waals surface area (Å²) in [7, 11) is 0. The van der Waals surface area contributed by atoms with E-state index in [4.69, 9.17) is 5.73 Å². The first-order chi connectivity index (χ1) is 9.20. The molecule has 0 saturated heterocycles. The monoisotopic (exact) mass is 294 g/mol. The summed E-state index contributed by atoms with van der Waals surface area (Å²) in [4.78, 5) is 12.3. The van der Waals surface area contributed by atoms with Crippen molar-refractivity contribution in [2.75, 3.05) is 6.54 Å². The third kappa shape index (κ3) is 3.53. The molecule has 1 atom stereocenters. The number of carbonyl (C=O) groups excluding carboxylic acids is 1. The van der Waals surface area contributed by atoms with Crippen LogP contribution in [0.3, 0.4) is 0 Å². The second kappa shape index (κ2) is 6.15. The Hall–Kier alpha value is -1.06. The number of halogens is 1. The van der Waals surface area contributed by atoms with E-state index < -0.39 is 0 Å². The van der Waals surface area contributed by atoms with E-state index in [-0.39, 0.29) is 29.8 Å². The molecule has 0 bridgehead atoms. The van der Waals surface area contributed by atoms with E-state index in [0.717, 1.165) is 19.3 Å². The van der Waals surface area contributed by atoms with Crippen LogP contribution in [-0.4, -0.2) is 18.5 Å². The fourth-order valence-electron chi connectivity index (χ4n) is 2.71. The zero-order chi connectivity index (χ0) is 13.3. The Morgan fingerprint density at radius 3 is 2.50 bits per heavy atom. The third-order valence-corrected chi connectivity index (χ3v) is 4.45. The first-order valence-electron chi connectivity index (χ1n) is 7.27. The van der Waals surface area contributed by atoms with Crippen molar-refractivity contribution in [1.82, 2.24) is 5.32 Å². The number of hydrogen-bond acceptors (Lipinski definition) is 2. The molecule has 1 aromatic rings. The van der Waals surface area contributed by atoms with Crippen molar-refractivity contribution in [2.24, 2.45) is 17.1 Å². The molecule has 0 radical (unpaired) electrons. The molecule has 3 rings (SSSR count). The average Bonchev–Trinajstić information content (AvgIpc) is 3.29. The van der Waals surface area contributed by atoms with Crippen molar-refractivity contribution >= 4 is 18.3 Å². The molecule has 1 amide bonds. The second-order valence-corrected chi connectivity index (χ2v) is 6.15. The molecule has 1 unspecified atom stereocenters. The summed E-state index contributed by atoms with van der Waals surface area (Å²) in [6.07, 6.45) is 5.33. The first-order valence-corrected chi connectivity index (χ1v) is 7.27. The topological polar surface area (TPSA) is 55.1 Å². The SMILES string of the molecule is Cl.NC(CNC(=O)C1(Cc2ccccc2)CC1)C1CC1. The minimum absolute atomic E-state index is 0. The van der Waals surface area contributed by atoms with Gasteiger partial charge in [-0.3, -0.25) is 4.79 Å². The zero-order valence-corrected chi connectivity index (χ0v) is 12.5. The number of carbonyl (C=O) groups is 1. The van der Waals surface area contributed by atoms with Crippen LogP contribution < -0.4 is 11.1 Å². The first kappa shape index (κ1) is 15.3. The Balaban J connectivity index is 0.00000147. The van der Waals surface area contributed by atoms with E-state index in [0.29, 0.717) is 12.5 Å². The lowest BCUT2D eigenvalue weighted by Gasteiger charge is -2.17. The van der Waals surface area contributed by atoms with Gasteiger partial charge in [-0.05, 0) is 43.6 Å². The maximum Gasteiger partial charge on any atom is 0.226 e. The highest BCUT2D eigenvalue weighted by molar-refractivity contribution is 5.85. The maximum absolute atomic E-state index is 12.3. The molecular weight excluding hydrogens is 272 g/mol. The Morgan fingerprint density at radius 2 is 1.95 bits per heavy atom. The summed E-state index contributed by atoms with van der Waals surface area (Å²) in [6, 6.07) is 10.4. The minimum atomic E-state index is -0.148. The molecule has 0 aliphatic heterocycles. The van der Waals surface area contributed by atoms with Gasteiger partial charge in [0.2, 0.25) is 5.91 Å². The van der Waals surface area contributed by atoms with E-state index in [2.05, 4.69) is 17.4 Å². The Morgan fingerprint density at radius 1 is 1.30 bits per heavy atom. The van der Waals surface area contributed by atoms with Gasteiger partial charge in [0.15, 0.2) is 0 Å². The van der Waals surface area contributed by atoms with Gasteiger partial charge in [-0.1, -0.05) is 30.3 Å². The summed E-state index contributed by atoms with van der Waals surface area (Å²) in [6.45, 7) is 0.639. The molecule has 20 heavy (non-hydrogen) atoms. The highest BCUT2D eigenvalue weighted by Crippen LogP contribution is 2.48. The van der Waals surface area contributed by atoms with Crippen LogP contribution in [0.25, 0.3) is 0 Å². The van der Waals surface area contributed by atoms with Crippen molar-refractivity contribution < 1.29 is 4.79 Å². The summed E-state index contributed by atoms with van der Waals surface area (Å²) >= 11 is 0. The molecule has 4 heteroatoms. The predicted molar refractivity (Wildman–Crippen MR) is 82.8 cm³/mol. The number of benzene rings is 1. The summed E-state index contributed by atoms with van der Waals surface area (Å²) < 4.78 is 0. The Kier molecular flexibility index (Phi) is 4.71. The summed E-state index contributed by atoms with van der Waals surface area (Å²) in [5.74, 6) is 0.844. The van der Waals surface area contributed by atoms with Crippen molar-refractivity contribution in [3.05, 3.63) is 35.9 Å². The van der Waals surface area contributed by atoms with Crippen LogP contribution in [-0.2, 0) is 11.2 Å². The molecule has 2 saturated carbocycles. The van der Waals surface area contributed by atoms with Crippen molar-refractivity contribution in [3.63, 3.8) is 0 Å². The van der Waals surface area contributed by atoms with Gasteiger partial charge in [0.25, 0.3) is 0 Å². The van der Waals surface area contributed by atoms with Gasteiger partial charge in [-0.25, -0.2) is 0 Å². The number of nitrogens with one attached hydrogen (secondary N) is 1. The van der Waals surface area contributed by atoms with Crippen LogP contribution in [0.1, 0.15) is 31.2 Å². The fraction of sp³-hybridized carbons (Fsp3) is 0.562. The van der Waals surface area contributed by atoms with Gasteiger partial charge in [-0.2, -0.15) is 0 Å². The van der Waals surface area contributed by atoms with Gasteiger partial charge in [0, 0.05) is 12.6 Å². The molecule has 0 spiro atoms. The third-order valence-electron chi connectivity index (χ3n) is 4.45. The van der Waals surface area contributed by atoms with E-state index in [1.807, 2.05) is 18.2 Å². The molecular formula is C16H23ClN2O. The lowest BCUT2D eigenvalue weighted by atomic mass is 9.95. The van der Waals surface area contributed by atoms with E-state index >= 15 is 0 Å². The highest BCUT2D eigenvalue weighted by atomic mass is 35.5. The summed E-state index contributed by atoms with van der Waals surface area (Å²) in [5.41, 5.74) is 7.13. The lowest BCUT2D eigenvalue weighted by Crippen LogP contribution is -2.42. The number of hydrogen-bond donors (Lipinski definition) is 2. The van der Waals surface area contributed by atoms with Gasteiger partial charge < -0.3 is 11.1 Å². The maximum atomic E-state index is 12.3. The number of amides is 1. The van der Waals surface area contributed by atoms with Crippen LogP contribution in [0.15, 0.2) is 30.3 Å². The number of nitrogens with two attached hydrogens (primary N) is 1. The zero-order valence-electron chi connectivity index (χ0n) is 11.7. The molecule has 2 aliphatic carbocycles. The second-order valence-electron chi connectivity index (χ2n) is 6.15. The van der Waals surface area contributed by atoms with Gasteiger partial charge >= 0.3 is 0 Å². The summed E-state index contributed by atoms with van der Waals surface area (Å²) in [5, 5.41) is 3.06. The van der Waals surface area contributed by atoms with Crippen molar-refractivity contribution in [2.45, 2.75) is 38.1 Å². The Bertz CT molecular complexity index is 455. The van der Waals surface area contributed by atoms with Crippen LogP contribution in [0.4, 0.5) is 0 Å². The van der Waals surface area contributed by atoms with Gasteiger partial charge in [0.1, 0.15) is 0 Å². The van der Waals surface area contributed by atoms with Gasteiger partial charge in [0.05, 0.1) is 5.41 Å². The van der Waals surface area contributed by atoms with E-state index in [9.17, 15) is 4.79 Å². The fourth-order valence-corrected chi connectivity index (χ4v) is 2.71. The highest BCUT2D eigenvalue weighted by Gasteiger charge is 2.49. The van der Waals surface area contributed by atoms with E-state index in [1.54, 1.807) is 0 Å². The quantitative estimate of drug-likeness (QED) is 0.846. The molecule has 0 aromatic heterocycles. The normalized spacial score (nSPS) is 20.6. The van der Waals surface area contributed by atoms with Crippen LogP contribution in [0.5, 0.6) is 0 Å². The van der Waals surface area contributed by atoms with Crippen molar-refractivity contribution in [3.8, 4) is 0 Å². The Labute approximate surface area is 126 Å². The molecule has 3 nitrogen and oxygen atoms in total. The molecule has 2 aliphatic rings. The van der Waals surface area contributed by atoms with Gasteiger partial charge in [-0.15, -0.1) is 12.4 Å². The molecule has 0 heterocycles. The molecule has 2 fully saturated rings. The molecule has 1 aromatic carbocycles. The molecule has 3 N–H and O–H groups in total. The molecule has 110 valence electrons. The van der Waals surface area contributed by atoms with Crippen LogP contribution in [0.2, 0.25) is 0 Å².